The summed E-state index contributed by atoms with van der Waals surface area (Å²) < 4.78 is 38.0. The van der Waals surface area contributed by atoms with Crippen LogP contribution in [0, 0.1) is 0 Å². The number of alkyl halides is 3. The van der Waals surface area contributed by atoms with Crippen molar-refractivity contribution in [3.05, 3.63) is 65.5 Å². The third kappa shape index (κ3) is 3.10. The topological polar surface area (TPSA) is 50.9 Å². The molecule has 0 bridgehead atoms. The summed E-state index contributed by atoms with van der Waals surface area (Å²) in [4.78, 5) is 3.86. The first kappa shape index (κ1) is 13.5. The number of rotatable bonds is 3. The molecular weight excluding hydrogens is 255 g/mol. The van der Waals surface area contributed by atoms with Crippen molar-refractivity contribution in [2.45, 2.75) is 12.2 Å². The van der Waals surface area contributed by atoms with E-state index in [1.165, 1.54) is 6.07 Å². The van der Waals surface area contributed by atoms with Crippen LogP contribution in [0.3, 0.4) is 0 Å². The normalized spacial score (nSPS) is 13.3. The highest BCUT2D eigenvalue weighted by atomic mass is 19.4. The molecule has 1 unspecified atom stereocenters. The van der Waals surface area contributed by atoms with E-state index in [4.69, 9.17) is 5.84 Å². The van der Waals surface area contributed by atoms with E-state index in [9.17, 15) is 13.2 Å². The van der Waals surface area contributed by atoms with Crippen LogP contribution in [-0.4, -0.2) is 4.98 Å². The van der Waals surface area contributed by atoms with Crippen molar-refractivity contribution in [1.82, 2.24) is 10.4 Å². The number of hydrogen-bond acceptors (Lipinski definition) is 3. The van der Waals surface area contributed by atoms with E-state index in [2.05, 4.69) is 10.4 Å². The molecule has 1 aromatic carbocycles. The van der Waals surface area contributed by atoms with Gasteiger partial charge >= 0.3 is 6.18 Å². The first-order valence-corrected chi connectivity index (χ1v) is 5.55. The summed E-state index contributed by atoms with van der Waals surface area (Å²) in [5.41, 5.74) is 3.02. The summed E-state index contributed by atoms with van der Waals surface area (Å²) >= 11 is 0. The minimum atomic E-state index is -4.37. The summed E-state index contributed by atoms with van der Waals surface area (Å²) in [6.07, 6.45) is -1.24. The molecule has 0 radical (unpaired) electrons. The van der Waals surface area contributed by atoms with Gasteiger partial charge in [0.05, 0.1) is 11.6 Å². The van der Waals surface area contributed by atoms with Crippen LogP contribution < -0.4 is 11.3 Å². The number of halogens is 3. The predicted octanol–water partition coefficient (Wildman–Crippen LogP) is 2.65. The zero-order valence-corrected chi connectivity index (χ0v) is 9.85. The standard InChI is InChI=1S/C13H12F3N3/c14-13(15,16)11-3-1-2-10(8-11)12(19-17)9-4-6-18-7-5-9/h1-8,12,19H,17H2. The average molecular weight is 267 g/mol. The minimum Gasteiger partial charge on any atom is -0.271 e. The number of hydrazine groups is 1. The van der Waals surface area contributed by atoms with E-state index < -0.39 is 17.8 Å². The lowest BCUT2D eigenvalue weighted by atomic mass is 9.98. The molecular formula is C13H12F3N3. The Morgan fingerprint density at radius 1 is 1.05 bits per heavy atom. The SMILES string of the molecule is NNC(c1ccncc1)c1cccc(C(F)(F)F)c1. The molecule has 3 N–H and O–H groups in total. The molecule has 2 rings (SSSR count). The second-order valence-electron chi connectivity index (χ2n) is 4.00. The van der Waals surface area contributed by atoms with Gasteiger partial charge < -0.3 is 0 Å². The summed E-state index contributed by atoms with van der Waals surface area (Å²) in [7, 11) is 0. The molecule has 0 aliphatic carbocycles. The zero-order valence-electron chi connectivity index (χ0n) is 9.85. The molecule has 0 aliphatic rings. The van der Waals surface area contributed by atoms with Crippen LogP contribution >= 0.6 is 0 Å². The van der Waals surface area contributed by atoms with E-state index in [1.54, 1.807) is 30.6 Å². The van der Waals surface area contributed by atoms with E-state index >= 15 is 0 Å². The fraction of sp³-hybridized carbons (Fsp3) is 0.154. The number of aromatic nitrogens is 1. The van der Waals surface area contributed by atoms with Crippen LogP contribution in [-0.2, 0) is 6.18 Å². The summed E-state index contributed by atoms with van der Waals surface area (Å²) in [6, 6.07) is 7.97. The Morgan fingerprint density at radius 2 is 1.74 bits per heavy atom. The van der Waals surface area contributed by atoms with E-state index in [0.29, 0.717) is 5.56 Å². The highest BCUT2D eigenvalue weighted by Crippen LogP contribution is 2.31. The smallest absolute Gasteiger partial charge is 0.271 e. The number of pyridine rings is 1. The molecule has 1 aromatic heterocycles. The highest BCUT2D eigenvalue weighted by molar-refractivity contribution is 5.34. The molecule has 0 saturated heterocycles. The Balaban J connectivity index is 2.40. The molecule has 0 fully saturated rings. The lowest BCUT2D eigenvalue weighted by Gasteiger charge is -2.18. The molecule has 0 saturated carbocycles. The van der Waals surface area contributed by atoms with Crippen molar-refractivity contribution in [2.75, 3.05) is 0 Å². The molecule has 3 nitrogen and oxygen atoms in total. The lowest BCUT2D eigenvalue weighted by Crippen LogP contribution is -2.29. The number of nitrogens with one attached hydrogen (secondary N) is 1. The Hall–Kier alpha value is -1.92. The maximum atomic E-state index is 12.7. The third-order valence-electron chi connectivity index (χ3n) is 2.75. The number of nitrogens with two attached hydrogens (primary N) is 1. The maximum absolute atomic E-state index is 12.7. The van der Waals surface area contributed by atoms with Crippen molar-refractivity contribution >= 4 is 0 Å². The van der Waals surface area contributed by atoms with E-state index in [-0.39, 0.29) is 0 Å². The Labute approximate surface area is 108 Å². The van der Waals surface area contributed by atoms with E-state index in [1.807, 2.05) is 0 Å². The Morgan fingerprint density at radius 3 is 2.32 bits per heavy atom. The van der Waals surface area contributed by atoms with Gasteiger partial charge in [0.2, 0.25) is 0 Å². The average Bonchev–Trinajstić information content (AvgIpc) is 2.40. The monoisotopic (exact) mass is 267 g/mol. The molecule has 1 atom stereocenters. The van der Waals surface area contributed by atoms with Crippen molar-refractivity contribution in [3.8, 4) is 0 Å². The number of benzene rings is 1. The van der Waals surface area contributed by atoms with Gasteiger partial charge in [-0.05, 0) is 35.4 Å². The molecule has 2 aromatic rings. The van der Waals surface area contributed by atoms with Crippen LogP contribution in [0.1, 0.15) is 22.7 Å². The highest BCUT2D eigenvalue weighted by Gasteiger charge is 2.31. The molecule has 0 amide bonds. The van der Waals surface area contributed by atoms with Gasteiger partial charge in [-0.1, -0.05) is 12.1 Å². The summed E-state index contributed by atoms with van der Waals surface area (Å²) in [5, 5.41) is 0. The van der Waals surface area contributed by atoms with Crippen LogP contribution in [0.2, 0.25) is 0 Å². The summed E-state index contributed by atoms with van der Waals surface area (Å²) in [6.45, 7) is 0. The van der Waals surface area contributed by atoms with Crippen LogP contribution in [0.4, 0.5) is 13.2 Å². The number of nitrogens with zero attached hydrogens (tertiary/aromatic N) is 1. The molecule has 100 valence electrons. The summed E-state index contributed by atoms with van der Waals surface area (Å²) in [5.74, 6) is 5.44. The fourth-order valence-corrected chi connectivity index (χ4v) is 1.84. The van der Waals surface area contributed by atoms with Gasteiger partial charge in [0.25, 0.3) is 0 Å². The second kappa shape index (κ2) is 5.38. The fourth-order valence-electron chi connectivity index (χ4n) is 1.84. The van der Waals surface area contributed by atoms with E-state index in [0.717, 1.165) is 17.7 Å². The Bertz CT molecular complexity index is 540. The van der Waals surface area contributed by atoms with Gasteiger partial charge in [-0.15, -0.1) is 0 Å². The Kier molecular flexibility index (Phi) is 3.82. The van der Waals surface area contributed by atoms with Gasteiger partial charge in [-0.3, -0.25) is 10.8 Å². The molecule has 0 spiro atoms. The van der Waals surface area contributed by atoms with Crippen LogP contribution in [0.15, 0.2) is 48.8 Å². The van der Waals surface area contributed by atoms with Crippen molar-refractivity contribution in [3.63, 3.8) is 0 Å². The van der Waals surface area contributed by atoms with Gasteiger partial charge in [-0.2, -0.15) is 13.2 Å². The molecule has 0 aliphatic heterocycles. The largest absolute Gasteiger partial charge is 0.416 e. The maximum Gasteiger partial charge on any atom is 0.416 e. The van der Waals surface area contributed by atoms with Crippen LogP contribution in [0.5, 0.6) is 0 Å². The predicted molar refractivity (Wildman–Crippen MR) is 64.8 cm³/mol. The second-order valence-corrected chi connectivity index (χ2v) is 4.00. The first-order valence-electron chi connectivity index (χ1n) is 5.55. The number of hydrogen-bond donors (Lipinski definition) is 2. The van der Waals surface area contributed by atoms with Crippen LogP contribution in [0.25, 0.3) is 0 Å². The van der Waals surface area contributed by atoms with Crippen molar-refractivity contribution in [1.29, 1.82) is 0 Å². The molecule has 6 heteroatoms. The third-order valence-corrected chi connectivity index (χ3v) is 2.75. The quantitative estimate of drug-likeness (QED) is 0.664. The zero-order chi connectivity index (χ0) is 13.9. The van der Waals surface area contributed by atoms with Crippen molar-refractivity contribution in [2.24, 2.45) is 5.84 Å². The first-order chi connectivity index (χ1) is 9.02. The lowest BCUT2D eigenvalue weighted by molar-refractivity contribution is -0.137. The molecule has 1 heterocycles. The van der Waals surface area contributed by atoms with Gasteiger partial charge in [0, 0.05) is 12.4 Å². The molecule has 19 heavy (non-hydrogen) atoms. The van der Waals surface area contributed by atoms with Gasteiger partial charge in [0.15, 0.2) is 0 Å². The van der Waals surface area contributed by atoms with Crippen molar-refractivity contribution < 1.29 is 13.2 Å². The van der Waals surface area contributed by atoms with Gasteiger partial charge in [-0.25, -0.2) is 5.43 Å². The van der Waals surface area contributed by atoms with Gasteiger partial charge in [0.1, 0.15) is 0 Å². The minimum absolute atomic E-state index is 0.448.